The third-order valence-electron chi connectivity index (χ3n) is 3.14. The molecule has 0 amide bonds. The topological polar surface area (TPSA) is 105 Å². The van der Waals surface area contributed by atoms with Gasteiger partial charge < -0.3 is 18.9 Å². The molecular weight excluding hydrogens is 420 g/mol. The summed E-state index contributed by atoms with van der Waals surface area (Å²) in [5, 5.41) is 0.367. The summed E-state index contributed by atoms with van der Waals surface area (Å²) in [4.78, 5) is 46.6. The fourth-order valence-electron chi connectivity index (χ4n) is 2.35. The van der Waals surface area contributed by atoms with Crippen LogP contribution < -0.4 is 0 Å². The van der Waals surface area contributed by atoms with Gasteiger partial charge in [0.1, 0.15) is 6.61 Å². The molecule has 0 N–H and O–H groups in total. The maximum Gasteiger partial charge on any atom is 0.303 e. The number of hydrogen-bond acceptors (Lipinski definition) is 10. The summed E-state index contributed by atoms with van der Waals surface area (Å²) in [6.07, 6.45) is -3.22. The van der Waals surface area contributed by atoms with E-state index >= 15 is 0 Å². The third kappa shape index (κ3) is 12.7. The highest BCUT2D eigenvalue weighted by Gasteiger charge is 2.43. The van der Waals surface area contributed by atoms with E-state index in [1.165, 1.54) is 27.7 Å². The van der Waals surface area contributed by atoms with E-state index in [-0.39, 0.29) is 21.7 Å². The number of thioether (sulfide) groups is 2. The predicted molar refractivity (Wildman–Crippen MR) is 113 cm³/mol. The second-order valence-electron chi connectivity index (χ2n) is 6.84. The number of hydrogen-bond donors (Lipinski definition) is 0. The zero-order valence-electron chi connectivity index (χ0n) is 18.3. The van der Waals surface area contributed by atoms with Crippen LogP contribution in [0.15, 0.2) is 0 Å². The van der Waals surface area contributed by atoms with Gasteiger partial charge in [0.15, 0.2) is 18.3 Å². The van der Waals surface area contributed by atoms with E-state index in [0.29, 0.717) is 0 Å². The largest absolute Gasteiger partial charge is 0.462 e. The zero-order chi connectivity index (χ0) is 22.7. The van der Waals surface area contributed by atoms with Gasteiger partial charge in [-0.1, -0.05) is 27.7 Å². The van der Waals surface area contributed by atoms with E-state index < -0.39 is 42.2 Å². The Kier molecular flexibility index (Phi) is 13.1. The van der Waals surface area contributed by atoms with Crippen LogP contribution in [0.1, 0.15) is 55.4 Å². The molecule has 0 aliphatic rings. The van der Waals surface area contributed by atoms with Crippen molar-refractivity contribution in [3.05, 3.63) is 0 Å². The molecule has 0 aromatic heterocycles. The summed E-state index contributed by atoms with van der Waals surface area (Å²) in [6, 6.07) is 0. The summed E-state index contributed by atoms with van der Waals surface area (Å²) >= 11 is 3.08. The predicted octanol–water partition coefficient (Wildman–Crippen LogP) is 2.95. The molecule has 8 nitrogen and oxygen atoms in total. The van der Waals surface area contributed by atoms with Gasteiger partial charge in [-0.05, 0) is 0 Å². The molecule has 0 unspecified atom stereocenters. The van der Waals surface area contributed by atoms with Crippen LogP contribution in [0.2, 0.25) is 0 Å². The molecule has 29 heavy (non-hydrogen) atoms. The van der Waals surface area contributed by atoms with Gasteiger partial charge in [0.25, 0.3) is 0 Å². The van der Waals surface area contributed by atoms with E-state index in [0.717, 1.165) is 0 Å². The molecule has 0 saturated heterocycles. The molecule has 0 saturated carbocycles. The molecular formula is C19H32O8S2. The molecule has 0 spiro atoms. The Hall–Kier alpha value is -1.42. The summed E-state index contributed by atoms with van der Waals surface area (Å²) in [5.41, 5.74) is 0. The van der Waals surface area contributed by atoms with Crippen LogP contribution >= 0.6 is 23.5 Å². The second-order valence-corrected chi connectivity index (χ2v) is 10.6. The first kappa shape index (κ1) is 27.6. The maximum absolute atomic E-state index is 11.9. The first-order valence-electron chi connectivity index (χ1n) is 9.29. The van der Waals surface area contributed by atoms with Gasteiger partial charge in [-0.25, -0.2) is 0 Å². The second kappa shape index (κ2) is 13.7. The highest BCUT2D eigenvalue weighted by Crippen LogP contribution is 2.37. The van der Waals surface area contributed by atoms with Crippen molar-refractivity contribution in [1.29, 1.82) is 0 Å². The molecule has 10 heteroatoms. The van der Waals surface area contributed by atoms with Crippen molar-refractivity contribution in [2.24, 2.45) is 0 Å². The SMILES string of the molecule is CC(=O)OC[C@H](OC(C)=O)[C@H](OC(C)=O)[C@@H](OC(C)=O)C(SC(C)C)SC(C)C. The number of carbonyl (C=O) groups excluding carboxylic acids is 4. The summed E-state index contributed by atoms with van der Waals surface area (Å²) < 4.78 is 21.0. The Morgan fingerprint density at radius 2 is 1.07 bits per heavy atom. The lowest BCUT2D eigenvalue weighted by atomic mass is 10.1. The van der Waals surface area contributed by atoms with Gasteiger partial charge in [0.05, 0.1) is 4.58 Å². The molecule has 0 aromatic carbocycles. The molecule has 0 aromatic rings. The first-order valence-corrected chi connectivity index (χ1v) is 11.2. The van der Waals surface area contributed by atoms with Gasteiger partial charge in [-0.3, -0.25) is 19.2 Å². The zero-order valence-corrected chi connectivity index (χ0v) is 19.9. The Balaban J connectivity index is 6.14. The minimum Gasteiger partial charge on any atom is -0.462 e. The monoisotopic (exact) mass is 452 g/mol. The van der Waals surface area contributed by atoms with Gasteiger partial charge in [0, 0.05) is 38.2 Å². The van der Waals surface area contributed by atoms with Gasteiger partial charge >= 0.3 is 23.9 Å². The number of esters is 4. The molecule has 0 radical (unpaired) electrons. The Morgan fingerprint density at radius 1 is 0.655 bits per heavy atom. The third-order valence-corrected chi connectivity index (χ3v) is 5.97. The molecule has 0 fully saturated rings. The number of rotatable bonds is 12. The minimum absolute atomic E-state index is 0.183. The van der Waals surface area contributed by atoms with Crippen molar-refractivity contribution >= 4 is 47.4 Å². The van der Waals surface area contributed by atoms with E-state index in [2.05, 4.69) is 0 Å². The maximum atomic E-state index is 11.9. The van der Waals surface area contributed by atoms with E-state index in [4.69, 9.17) is 18.9 Å². The van der Waals surface area contributed by atoms with Crippen LogP contribution in [-0.4, -0.2) is 63.9 Å². The van der Waals surface area contributed by atoms with Crippen LogP contribution in [0.25, 0.3) is 0 Å². The van der Waals surface area contributed by atoms with Crippen molar-refractivity contribution in [2.75, 3.05) is 6.61 Å². The van der Waals surface area contributed by atoms with Crippen molar-refractivity contribution in [3.8, 4) is 0 Å². The highest BCUT2D eigenvalue weighted by molar-refractivity contribution is 8.17. The summed E-state index contributed by atoms with van der Waals surface area (Å²) in [6.45, 7) is 12.5. The quantitative estimate of drug-likeness (QED) is 0.249. The Labute approximate surface area is 181 Å². The van der Waals surface area contributed by atoms with Crippen molar-refractivity contribution < 1.29 is 38.1 Å². The molecule has 0 aliphatic carbocycles. The summed E-state index contributed by atoms with van der Waals surface area (Å²) in [5.74, 6) is -2.45. The number of carbonyl (C=O) groups is 4. The lowest BCUT2D eigenvalue weighted by Crippen LogP contribution is -2.51. The molecule has 0 heterocycles. The highest BCUT2D eigenvalue weighted by atomic mass is 32.2. The smallest absolute Gasteiger partial charge is 0.303 e. The average Bonchev–Trinajstić information content (AvgIpc) is 2.52. The normalized spacial score (nSPS) is 14.3. The lowest BCUT2D eigenvalue weighted by molar-refractivity contribution is -0.187. The van der Waals surface area contributed by atoms with Crippen molar-refractivity contribution in [1.82, 2.24) is 0 Å². The van der Waals surface area contributed by atoms with Gasteiger partial charge in [-0.15, -0.1) is 23.5 Å². The lowest BCUT2D eigenvalue weighted by Gasteiger charge is -2.36. The average molecular weight is 453 g/mol. The van der Waals surface area contributed by atoms with Crippen LogP contribution in [0.5, 0.6) is 0 Å². The Morgan fingerprint density at radius 3 is 1.41 bits per heavy atom. The van der Waals surface area contributed by atoms with E-state index in [1.54, 1.807) is 23.5 Å². The van der Waals surface area contributed by atoms with Crippen LogP contribution in [0.4, 0.5) is 0 Å². The molecule has 168 valence electrons. The molecule has 0 rings (SSSR count). The van der Waals surface area contributed by atoms with Crippen LogP contribution in [0.3, 0.4) is 0 Å². The van der Waals surface area contributed by atoms with E-state index in [9.17, 15) is 19.2 Å². The van der Waals surface area contributed by atoms with E-state index in [1.807, 2.05) is 27.7 Å². The standard InChI is InChI=1S/C19H32O8S2/c1-10(2)28-19(29-11(3)4)18(27-15(8)23)17(26-14(7)22)16(25-13(6)21)9-24-12(5)20/h10-11,16-19H,9H2,1-8H3/t16-,17-,18+/m0/s1. The van der Waals surface area contributed by atoms with Gasteiger partial charge in [-0.2, -0.15) is 0 Å². The minimum atomic E-state index is -1.15. The van der Waals surface area contributed by atoms with Crippen LogP contribution in [-0.2, 0) is 38.1 Å². The van der Waals surface area contributed by atoms with Crippen LogP contribution in [0, 0.1) is 0 Å². The van der Waals surface area contributed by atoms with Crippen molar-refractivity contribution in [3.63, 3.8) is 0 Å². The Bertz CT molecular complexity index is 554. The molecule has 3 atom stereocenters. The molecule has 0 aliphatic heterocycles. The fourth-order valence-corrected chi connectivity index (χ4v) is 5.74. The molecule has 0 bridgehead atoms. The first-order chi connectivity index (χ1) is 13.3. The van der Waals surface area contributed by atoms with Gasteiger partial charge in [0.2, 0.25) is 0 Å². The fraction of sp³-hybridized carbons (Fsp3) is 0.789. The van der Waals surface area contributed by atoms with Crippen molar-refractivity contribution in [2.45, 2.75) is 88.8 Å². The number of ether oxygens (including phenoxy) is 4. The summed E-state index contributed by atoms with van der Waals surface area (Å²) in [7, 11) is 0.